The van der Waals surface area contributed by atoms with E-state index >= 15 is 0 Å². The summed E-state index contributed by atoms with van der Waals surface area (Å²) in [6.45, 7) is 13.4. The Hall–Kier alpha value is -6.01. The lowest BCUT2D eigenvalue weighted by Crippen LogP contribution is -2.14. The van der Waals surface area contributed by atoms with E-state index in [0.29, 0.717) is 22.3 Å². The van der Waals surface area contributed by atoms with Crippen molar-refractivity contribution >= 4 is 56.6 Å². The van der Waals surface area contributed by atoms with Gasteiger partial charge in [0.05, 0.1) is 0 Å². The molecule has 1 aliphatic rings. The van der Waals surface area contributed by atoms with E-state index < -0.39 is 0 Å². The number of anilines is 3. The van der Waals surface area contributed by atoms with E-state index in [2.05, 4.69) is 125 Å². The highest BCUT2D eigenvalue weighted by Crippen LogP contribution is 2.43. The second kappa shape index (κ2) is 13.3. The average Bonchev–Trinajstić information content (AvgIpc) is 3.70. The van der Waals surface area contributed by atoms with Crippen LogP contribution in [0.1, 0.15) is 73.5 Å². The first-order valence-corrected chi connectivity index (χ1v) is 18.2. The van der Waals surface area contributed by atoms with Crippen molar-refractivity contribution < 1.29 is 4.79 Å². The molecular weight excluding hydrogens is 655 g/mol. The third kappa shape index (κ3) is 6.48. The van der Waals surface area contributed by atoms with E-state index in [0.717, 1.165) is 43.2 Å². The molecule has 0 radical (unpaired) electrons. The maximum atomic E-state index is 13.8. The Kier molecular flexibility index (Phi) is 8.79. The van der Waals surface area contributed by atoms with Gasteiger partial charge in [-0.2, -0.15) is 10.5 Å². The highest BCUT2D eigenvalue weighted by atomic mass is 32.1. The second-order valence-corrected chi connectivity index (χ2v) is 16.4. The zero-order valence-electron chi connectivity index (χ0n) is 30.3. The van der Waals surface area contributed by atoms with E-state index in [1.54, 1.807) is 11.3 Å². The van der Waals surface area contributed by atoms with Gasteiger partial charge in [0, 0.05) is 43.5 Å². The Morgan fingerprint density at radius 3 is 1.60 bits per heavy atom. The molecule has 7 rings (SSSR count). The molecule has 0 aliphatic heterocycles. The van der Waals surface area contributed by atoms with Crippen molar-refractivity contribution in [3.63, 3.8) is 0 Å². The Morgan fingerprint density at radius 2 is 1.12 bits per heavy atom. The number of ketones is 1. The summed E-state index contributed by atoms with van der Waals surface area (Å²) in [5.74, 6) is -0.177. The van der Waals surface area contributed by atoms with Crippen molar-refractivity contribution in [3.8, 4) is 22.6 Å². The molecule has 0 unspecified atom stereocenters. The van der Waals surface area contributed by atoms with Crippen LogP contribution in [0.3, 0.4) is 0 Å². The molecule has 4 nitrogen and oxygen atoms in total. The lowest BCUT2D eigenvalue weighted by Gasteiger charge is -2.28. The SMILES string of the molecule is CC(C)(C)c1ccc(N(c2ccc(-c3ccc(/C=C4/C(=O)c5cc6ccccc6cc5C4=C(C#N)C#N)s3)cc2)c2ccc(C(C)(C)C)cc2)cc1. The Morgan fingerprint density at radius 1 is 0.635 bits per heavy atom. The number of nitrogens with zero attached hydrogens (tertiary/aromatic N) is 3. The number of hydrogen-bond acceptors (Lipinski definition) is 5. The van der Waals surface area contributed by atoms with E-state index in [1.807, 2.05) is 60.7 Å². The number of fused-ring (bicyclic) bond motifs is 2. The molecule has 0 saturated carbocycles. The molecular formula is C47H39N3OS. The van der Waals surface area contributed by atoms with Gasteiger partial charge >= 0.3 is 0 Å². The van der Waals surface area contributed by atoms with Gasteiger partial charge in [0.2, 0.25) is 0 Å². The third-order valence-electron chi connectivity index (χ3n) is 9.69. The summed E-state index contributed by atoms with van der Waals surface area (Å²) in [6.07, 6.45) is 1.82. The molecule has 0 saturated heterocycles. The molecule has 254 valence electrons. The molecule has 0 bridgehead atoms. The maximum absolute atomic E-state index is 13.8. The molecule has 5 aromatic carbocycles. The van der Waals surface area contributed by atoms with Crippen LogP contribution in [0.15, 0.2) is 132 Å². The Bertz CT molecular complexity index is 2410. The first-order valence-electron chi connectivity index (χ1n) is 17.4. The molecule has 0 N–H and O–H groups in total. The van der Waals surface area contributed by atoms with Gasteiger partial charge in [0.1, 0.15) is 17.7 Å². The van der Waals surface area contributed by atoms with Crippen LogP contribution in [0.2, 0.25) is 0 Å². The maximum Gasteiger partial charge on any atom is 0.194 e. The van der Waals surface area contributed by atoms with Crippen LogP contribution in [0.5, 0.6) is 0 Å². The summed E-state index contributed by atoms with van der Waals surface area (Å²) in [7, 11) is 0. The molecule has 6 aromatic rings. The highest BCUT2D eigenvalue weighted by molar-refractivity contribution is 7.16. The van der Waals surface area contributed by atoms with Crippen molar-refractivity contribution in [2.24, 2.45) is 0 Å². The van der Waals surface area contributed by atoms with Crippen molar-refractivity contribution in [2.45, 2.75) is 52.4 Å². The van der Waals surface area contributed by atoms with Crippen LogP contribution in [0.4, 0.5) is 17.1 Å². The molecule has 0 amide bonds. The number of carbonyl (C=O) groups is 1. The number of rotatable bonds is 5. The minimum Gasteiger partial charge on any atom is -0.311 e. The number of Topliss-reactive ketones (excluding diaryl/α,β-unsaturated/α-hetero) is 1. The number of thiophene rings is 1. The number of benzene rings is 5. The first-order chi connectivity index (χ1) is 24.9. The Labute approximate surface area is 310 Å². The van der Waals surface area contributed by atoms with E-state index in [1.165, 1.54) is 11.1 Å². The molecule has 0 atom stereocenters. The number of hydrogen-bond donors (Lipinski definition) is 0. The van der Waals surface area contributed by atoms with Gasteiger partial charge in [-0.3, -0.25) is 4.79 Å². The predicted molar refractivity (Wildman–Crippen MR) is 216 cm³/mol. The zero-order chi connectivity index (χ0) is 36.8. The van der Waals surface area contributed by atoms with Crippen molar-refractivity contribution in [1.82, 2.24) is 0 Å². The number of allylic oxidation sites excluding steroid dienone is 3. The van der Waals surface area contributed by atoms with Crippen molar-refractivity contribution in [1.29, 1.82) is 10.5 Å². The largest absolute Gasteiger partial charge is 0.311 e. The number of carbonyl (C=O) groups excluding carboxylic acids is 1. The van der Waals surface area contributed by atoms with Gasteiger partial charge in [-0.1, -0.05) is 102 Å². The van der Waals surface area contributed by atoms with Gasteiger partial charge < -0.3 is 4.90 Å². The van der Waals surface area contributed by atoms with Crippen LogP contribution >= 0.6 is 11.3 Å². The number of nitriles is 2. The zero-order valence-corrected chi connectivity index (χ0v) is 31.1. The van der Waals surface area contributed by atoms with Crippen LogP contribution in [-0.4, -0.2) is 5.78 Å². The fraction of sp³-hybridized carbons (Fsp3) is 0.170. The van der Waals surface area contributed by atoms with Crippen LogP contribution in [-0.2, 0) is 10.8 Å². The second-order valence-electron chi connectivity index (χ2n) is 15.3. The summed E-state index contributed by atoms with van der Waals surface area (Å²) >= 11 is 1.57. The van der Waals surface area contributed by atoms with Crippen LogP contribution in [0.25, 0.3) is 32.9 Å². The molecule has 0 fully saturated rings. The summed E-state index contributed by atoms with van der Waals surface area (Å²) in [6, 6.07) is 45.9. The smallest absolute Gasteiger partial charge is 0.194 e. The quantitative estimate of drug-likeness (QED) is 0.133. The molecule has 1 aliphatic carbocycles. The monoisotopic (exact) mass is 693 g/mol. The van der Waals surface area contributed by atoms with Gasteiger partial charge in [-0.05, 0) is 111 Å². The van der Waals surface area contributed by atoms with Gasteiger partial charge in [-0.15, -0.1) is 11.3 Å². The van der Waals surface area contributed by atoms with Crippen LogP contribution in [0, 0.1) is 22.7 Å². The predicted octanol–water partition coefficient (Wildman–Crippen LogP) is 12.7. The fourth-order valence-electron chi connectivity index (χ4n) is 6.75. The molecule has 5 heteroatoms. The summed E-state index contributed by atoms with van der Waals surface area (Å²) in [5, 5.41) is 21.6. The minimum atomic E-state index is -0.177. The Balaban J connectivity index is 1.23. The normalized spacial score (nSPS) is 13.6. The lowest BCUT2D eigenvalue weighted by atomic mass is 9.86. The first kappa shape index (κ1) is 34.4. The summed E-state index contributed by atoms with van der Waals surface area (Å²) in [5.41, 5.74) is 8.83. The summed E-state index contributed by atoms with van der Waals surface area (Å²) in [4.78, 5) is 18.0. The standard InChI is InChI=1S/C47H39N3OS/c1-46(2,3)34-13-19-37(20-14-34)50(38-21-15-35(16-22-38)47(4,5)6)36-17-11-30(12-18-36)43-24-23-39(52-43)27-42-44(33(28-48)29-49)40-25-31-9-7-8-10-32(31)26-41(40)45(42)51/h7-27H,1-6H3/b42-27+. The van der Waals surface area contributed by atoms with Crippen molar-refractivity contribution in [3.05, 3.63) is 160 Å². The minimum absolute atomic E-state index is 0.0597. The van der Waals surface area contributed by atoms with Gasteiger partial charge in [-0.25, -0.2) is 0 Å². The fourth-order valence-corrected chi connectivity index (χ4v) is 7.71. The van der Waals surface area contributed by atoms with Gasteiger partial charge in [0.25, 0.3) is 0 Å². The van der Waals surface area contributed by atoms with Crippen molar-refractivity contribution in [2.75, 3.05) is 4.90 Å². The third-order valence-corrected chi connectivity index (χ3v) is 10.8. The molecule has 0 spiro atoms. The molecule has 52 heavy (non-hydrogen) atoms. The van der Waals surface area contributed by atoms with Gasteiger partial charge in [0.15, 0.2) is 5.78 Å². The lowest BCUT2D eigenvalue weighted by molar-refractivity contribution is 0.104. The van der Waals surface area contributed by atoms with Crippen LogP contribution < -0.4 is 4.90 Å². The average molecular weight is 694 g/mol. The molecule has 1 heterocycles. The van der Waals surface area contributed by atoms with E-state index in [9.17, 15) is 15.3 Å². The summed E-state index contributed by atoms with van der Waals surface area (Å²) < 4.78 is 0. The topological polar surface area (TPSA) is 67.9 Å². The van der Waals surface area contributed by atoms with E-state index in [-0.39, 0.29) is 22.2 Å². The highest BCUT2D eigenvalue weighted by Gasteiger charge is 2.33. The molecule has 1 aromatic heterocycles. The van der Waals surface area contributed by atoms with E-state index in [4.69, 9.17) is 0 Å².